The Kier molecular flexibility index (Phi) is 2.76. The minimum Gasteiger partial charge on any atom is -0.452 e. The number of carbonyl (C=O) groups is 2. The van der Waals surface area contributed by atoms with Gasteiger partial charge in [-0.2, -0.15) is 0 Å². The second kappa shape index (κ2) is 4.57. The molecule has 0 spiro atoms. The molecule has 4 nitrogen and oxygen atoms in total. The molecule has 1 heterocycles. The summed E-state index contributed by atoms with van der Waals surface area (Å²) in [4.78, 5) is 25.5. The third-order valence-electron chi connectivity index (χ3n) is 2.96. The molecule has 0 bridgehead atoms. The summed E-state index contributed by atoms with van der Waals surface area (Å²) >= 11 is 0. The maximum atomic E-state index is 12.2. The highest BCUT2D eigenvalue weighted by molar-refractivity contribution is 6.10. The standard InChI is InChI=1S/C15H11NO3/c17-14-10-19-15(18)12-8-4-5-9-13(12)16(14)11-6-2-1-3-7-11/h1-9H,10H2. The van der Waals surface area contributed by atoms with Gasteiger partial charge in [0.05, 0.1) is 11.3 Å². The second-order valence-electron chi connectivity index (χ2n) is 4.16. The Morgan fingerprint density at radius 2 is 1.58 bits per heavy atom. The lowest BCUT2D eigenvalue weighted by atomic mass is 10.1. The van der Waals surface area contributed by atoms with Crippen LogP contribution >= 0.6 is 0 Å². The lowest BCUT2D eigenvalue weighted by Gasteiger charge is -2.21. The molecule has 0 saturated heterocycles. The third kappa shape index (κ3) is 1.97. The zero-order valence-corrected chi connectivity index (χ0v) is 10.1. The van der Waals surface area contributed by atoms with E-state index in [4.69, 9.17) is 4.74 Å². The molecule has 0 unspecified atom stereocenters. The third-order valence-corrected chi connectivity index (χ3v) is 2.96. The number of amides is 1. The second-order valence-corrected chi connectivity index (χ2v) is 4.16. The van der Waals surface area contributed by atoms with E-state index in [0.717, 1.165) is 5.69 Å². The molecule has 0 aromatic heterocycles. The number of esters is 1. The highest BCUT2D eigenvalue weighted by Crippen LogP contribution is 2.31. The predicted molar refractivity (Wildman–Crippen MR) is 70.3 cm³/mol. The molecular formula is C15H11NO3. The van der Waals surface area contributed by atoms with E-state index in [-0.39, 0.29) is 12.5 Å². The van der Waals surface area contributed by atoms with Crippen LogP contribution in [0.1, 0.15) is 10.4 Å². The van der Waals surface area contributed by atoms with Crippen LogP contribution in [0.4, 0.5) is 11.4 Å². The van der Waals surface area contributed by atoms with E-state index in [1.807, 2.05) is 30.3 Å². The number of rotatable bonds is 1. The van der Waals surface area contributed by atoms with Gasteiger partial charge in [-0.15, -0.1) is 0 Å². The van der Waals surface area contributed by atoms with Crippen LogP contribution < -0.4 is 4.90 Å². The number of anilines is 2. The minimum atomic E-state index is -0.470. The first-order valence-electron chi connectivity index (χ1n) is 5.91. The Bertz CT molecular complexity index is 637. The van der Waals surface area contributed by atoms with E-state index in [9.17, 15) is 9.59 Å². The molecule has 0 aliphatic carbocycles. The summed E-state index contributed by atoms with van der Waals surface area (Å²) < 4.78 is 4.96. The van der Waals surface area contributed by atoms with Crippen LogP contribution in [-0.2, 0) is 9.53 Å². The lowest BCUT2D eigenvalue weighted by Crippen LogP contribution is -2.28. The summed E-state index contributed by atoms with van der Waals surface area (Å²) in [7, 11) is 0. The van der Waals surface area contributed by atoms with E-state index < -0.39 is 5.97 Å². The number of fused-ring (bicyclic) bond motifs is 1. The number of cyclic esters (lactones) is 1. The summed E-state index contributed by atoms with van der Waals surface area (Å²) in [5.41, 5.74) is 1.68. The van der Waals surface area contributed by atoms with Crippen molar-refractivity contribution in [2.24, 2.45) is 0 Å². The van der Waals surface area contributed by atoms with Gasteiger partial charge in [0.15, 0.2) is 6.61 Å². The molecule has 0 atom stereocenters. The van der Waals surface area contributed by atoms with Crippen LogP contribution in [0.5, 0.6) is 0 Å². The first-order valence-corrected chi connectivity index (χ1v) is 5.91. The highest BCUT2D eigenvalue weighted by Gasteiger charge is 2.28. The van der Waals surface area contributed by atoms with Crippen LogP contribution in [0.25, 0.3) is 0 Å². The summed E-state index contributed by atoms with van der Waals surface area (Å²) in [6.07, 6.45) is 0. The van der Waals surface area contributed by atoms with Gasteiger partial charge in [-0.3, -0.25) is 9.69 Å². The van der Waals surface area contributed by atoms with Crippen molar-refractivity contribution in [2.75, 3.05) is 11.5 Å². The molecule has 0 fully saturated rings. The summed E-state index contributed by atoms with van der Waals surface area (Å²) in [5.74, 6) is -0.730. The van der Waals surface area contributed by atoms with Gasteiger partial charge in [-0.05, 0) is 24.3 Å². The number of hydrogen-bond donors (Lipinski definition) is 0. The van der Waals surface area contributed by atoms with Crippen LogP contribution in [0.2, 0.25) is 0 Å². The van der Waals surface area contributed by atoms with Gasteiger partial charge in [0.2, 0.25) is 0 Å². The minimum absolute atomic E-state index is 0.248. The van der Waals surface area contributed by atoms with E-state index in [1.54, 1.807) is 24.3 Å². The molecular weight excluding hydrogens is 242 g/mol. The van der Waals surface area contributed by atoms with Crippen molar-refractivity contribution in [2.45, 2.75) is 0 Å². The number of carbonyl (C=O) groups excluding carboxylic acids is 2. The van der Waals surface area contributed by atoms with Crippen molar-refractivity contribution in [3.8, 4) is 0 Å². The smallest absolute Gasteiger partial charge is 0.340 e. The zero-order chi connectivity index (χ0) is 13.2. The summed E-state index contributed by atoms with van der Waals surface area (Å²) in [5, 5.41) is 0. The van der Waals surface area contributed by atoms with Gasteiger partial charge in [0, 0.05) is 5.69 Å². The lowest BCUT2D eigenvalue weighted by molar-refractivity contribution is -0.120. The topological polar surface area (TPSA) is 46.6 Å². The van der Waals surface area contributed by atoms with Crippen molar-refractivity contribution >= 4 is 23.3 Å². The number of para-hydroxylation sites is 2. The van der Waals surface area contributed by atoms with Crippen LogP contribution in [0.15, 0.2) is 54.6 Å². The van der Waals surface area contributed by atoms with Gasteiger partial charge >= 0.3 is 5.97 Å². The Labute approximate surface area is 110 Å². The Balaban J connectivity index is 2.19. The van der Waals surface area contributed by atoms with Gasteiger partial charge < -0.3 is 4.74 Å². The van der Waals surface area contributed by atoms with E-state index in [0.29, 0.717) is 11.3 Å². The molecule has 94 valence electrons. The molecule has 0 N–H and O–H groups in total. The van der Waals surface area contributed by atoms with Crippen molar-refractivity contribution in [1.29, 1.82) is 0 Å². The van der Waals surface area contributed by atoms with Crippen LogP contribution in [0, 0.1) is 0 Å². The Morgan fingerprint density at radius 1 is 0.895 bits per heavy atom. The fourth-order valence-electron chi connectivity index (χ4n) is 2.11. The molecule has 4 heteroatoms. The highest BCUT2D eigenvalue weighted by atomic mass is 16.5. The first kappa shape index (κ1) is 11.5. The normalized spacial score (nSPS) is 14.6. The van der Waals surface area contributed by atoms with Gasteiger partial charge in [-0.1, -0.05) is 30.3 Å². The molecule has 0 radical (unpaired) electrons. The molecule has 0 saturated carbocycles. The van der Waals surface area contributed by atoms with Gasteiger partial charge in [0.25, 0.3) is 5.91 Å². The number of nitrogens with zero attached hydrogens (tertiary/aromatic N) is 1. The summed E-state index contributed by atoms with van der Waals surface area (Å²) in [6.45, 7) is -0.248. The maximum absolute atomic E-state index is 12.2. The van der Waals surface area contributed by atoms with Gasteiger partial charge in [0.1, 0.15) is 0 Å². The number of hydrogen-bond acceptors (Lipinski definition) is 3. The SMILES string of the molecule is O=C1OCC(=O)N(c2ccccc2)c2ccccc21. The fourth-order valence-corrected chi connectivity index (χ4v) is 2.11. The van der Waals surface area contributed by atoms with E-state index >= 15 is 0 Å². The van der Waals surface area contributed by atoms with Crippen molar-refractivity contribution in [3.63, 3.8) is 0 Å². The van der Waals surface area contributed by atoms with Crippen molar-refractivity contribution in [3.05, 3.63) is 60.2 Å². The van der Waals surface area contributed by atoms with Crippen molar-refractivity contribution < 1.29 is 14.3 Å². The average Bonchev–Trinajstić information content (AvgIpc) is 2.58. The zero-order valence-electron chi connectivity index (χ0n) is 10.1. The number of ether oxygens (including phenoxy) is 1. The Hall–Kier alpha value is -2.62. The predicted octanol–water partition coefficient (Wildman–Crippen LogP) is 2.52. The Morgan fingerprint density at radius 3 is 2.37 bits per heavy atom. The average molecular weight is 253 g/mol. The summed E-state index contributed by atoms with van der Waals surface area (Å²) in [6, 6.07) is 16.2. The first-order chi connectivity index (χ1) is 9.27. The molecule has 1 aliphatic heterocycles. The van der Waals surface area contributed by atoms with Gasteiger partial charge in [-0.25, -0.2) is 4.79 Å². The molecule has 3 rings (SSSR count). The molecule has 19 heavy (non-hydrogen) atoms. The van der Waals surface area contributed by atoms with Crippen molar-refractivity contribution in [1.82, 2.24) is 0 Å². The fraction of sp³-hybridized carbons (Fsp3) is 0.0667. The monoisotopic (exact) mass is 253 g/mol. The van der Waals surface area contributed by atoms with Crippen LogP contribution in [-0.4, -0.2) is 18.5 Å². The molecule has 2 aromatic rings. The van der Waals surface area contributed by atoms with E-state index in [2.05, 4.69) is 0 Å². The van der Waals surface area contributed by atoms with Crippen LogP contribution in [0.3, 0.4) is 0 Å². The molecule has 1 aliphatic rings. The number of benzene rings is 2. The largest absolute Gasteiger partial charge is 0.452 e. The van der Waals surface area contributed by atoms with E-state index in [1.165, 1.54) is 4.90 Å². The maximum Gasteiger partial charge on any atom is 0.340 e. The molecule has 1 amide bonds. The quantitative estimate of drug-likeness (QED) is 0.734. The molecule has 2 aromatic carbocycles.